The van der Waals surface area contributed by atoms with Crippen LogP contribution in [0.4, 0.5) is 4.79 Å². The van der Waals surface area contributed by atoms with E-state index in [0.29, 0.717) is 28.7 Å². The van der Waals surface area contributed by atoms with Gasteiger partial charge in [-0.2, -0.15) is 0 Å². The summed E-state index contributed by atoms with van der Waals surface area (Å²) in [4.78, 5) is 36.7. The zero-order valence-electron chi connectivity index (χ0n) is 17.3. The van der Waals surface area contributed by atoms with Gasteiger partial charge in [-0.05, 0) is 48.4 Å². The van der Waals surface area contributed by atoms with Crippen LogP contribution in [0.25, 0.3) is 6.08 Å². The second-order valence-corrected chi connectivity index (χ2v) is 7.48. The number of carbonyl (C=O) groups is 3. The first kappa shape index (κ1) is 23.4. The second kappa shape index (κ2) is 10.4. The largest absolute Gasteiger partial charge is 0.490 e. The molecule has 1 saturated heterocycles. The number of halogens is 2. The Kier molecular flexibility index (Phi) is 7.61. The number of urea groups is 1. The highest BCUT2D eigenvalue weighted by atomic mass is 35.5. The predicted octanol–water partition coefficient (Wildman–Crippen LogP) is 4.04. The van der Waals surface area contributed by atoms with Gasteiger partial charge in [-0.1, -0.05) is 35.3 Å². The van der Waals surface area contributed by atoms with E-state index in [0.717, 1.165) is 10.5 Å². The minimum atomic E-state index is -0.717. The lowest BCUT2D eigenvalue weighted by Crippen LogP contribution is -2.36. The molecule has 0 spiro atoms. The van der Waals surface area contributed by atoms with E-state index in [2.05, 4.69) is 10.1 Å². The third kappa shape index (κ3) is 5.52. The van der Waals surface area contributed by atoms with Gasteiger partial charge in [-0.15, -0.1) is 0 Å². The standard InChI is InChI=1S/C22H20Cl2N2O6/c1-3-31-18-10-14(9-17-21(28)26(22(29)25-17)11-19(27)30-2)8-16(24)20(18)32-12-13-4-6-15(23)7-5-13/h4-10H,3,11-12H2,1-2H3,(H,25,29)/b17-9+. The van der Waals surface area contributed by atoms with Crippen molar-refractivity contribution in [2.24, 2.45) is 0 Å². The topological polar surface area (TPSA) is 94.2 Å². The van der Waals surface area contributed by atoms with E-state index in [9.17, 15) is 14.4 Å². The molecule has 32 heavy (non-hydrogen) atoms. The molecule has 1 aliphatic heterocycles. The van der Waals surface area contributed by atoms with Crippen LogP contribution < -0.4 is 14.8 Å². The third-order valence-corrected chi connectivity index (χ3v) is 4.95. The zero-order chi connectivity index (χ0) is 23.3. The van der Waals surface area contributed by atoms with Gasteiger partial charge in [0.25, 0.3) is 5.91 Å². The van der Waals surface area contributed by atoms with Gasteiger partial charge in [-0.25, -0.2) is 9.69 Å². The number of nitrogens with zero attached hydrogens (tertiary/aromatic N) is 1. The number of hydrogen-bond donors (Lipinski definition) is 1. The predicted molar refractivity (Wildman–Crippen MR) is 119 cm³/mol. The van der Waals surface area contributed by atoms with Crippen molar-refractivity contribution < 1.29 is 28.6 Å². The molecule has 0 aliphatic carbocycles. The molecule has 1 N–H and O–H groups in total. The average Bonchev–Trinajstić information content (AvgIpc) is 3.01. The normalized spacial score (nSPS) is 14.5. The van der Waals surface area contributed by atoms with E-state index in [-0.39, 0.29) is 17.3 Å². The minimum absolute atomic E-state index is 0.00718. The first-order valence-corrected chi connectivity index (χ1v) is 10.3. The number of imide groups is 1. The maximum absolute atomic E-state index is 12.5. The summed E-state index contributed by atoms with van der Waals surface area (Å²) in [6, 6.07) is 9.70. The number of ether oxygens (including phenoxy) is 3. The molecule has 1 aliphatic rings. The summed E-state index contributed by atoms with van der Waals surface area (Å²) < 4.78 is 16.0. The maximum Gasteiger partial charge on any atom is 0.329 e. The molecule has 0 unspecified atom stereocenters. The number of carbonyl (C=O) groups excluding carboxylic acids is 3. The molecule has 0 atom stereocenters. The van der Waals surface area contributed by atoms with Crippen LogP contribution in [0.15, 0.2) is 42.1 Å². The van der Waals surface area contributed by atoms with Gasteiger partial charge in [0.2, 0.25) is 0 Å². The van der Waals surface area contributed by atoms with Crippen molar-refractivity contribution in [3.63, 3.8) is 0 Å². The van der Waals surface area contributed by atoms with Crippen LogP contribution in [0.2, 0.25) is 10.0 Å². The first-order valence-electron chi connectivity index (χ1n) is 9.57. The highest BCUT2D eigenvalue weighted by Gasteiger charge is 2.35. The molecular formula is C22H20Cl2N2O6. The number of rotatable bonds is 8. The molecule has 0 saturated carbocycles. The molecule has 168 valence electrons. The van der Waals surface area contributed by atoms with Gasteiger partial charge >= 0.3 is 12.0 Å². The summed E-state index contributed by atoms with van der Waals surface area (Å²) in [5.74, 6) is -0.639. The van der Waals surface area contributed by atoms with Crippen molar-refractivity contribution >= 4 is 47.2 Å². The number of benzene rings is 2. The van der Waals surface area contributed by atoms with Crippen LogP contribution in [0.1, 0.15) is 18.1 Å². The van der Waals surface area contributed by atoms with Crippen molar-refractivity contribution in [1.29, 1.82) is 0 Å². The second-order valence-electron chi connectivity index (χ2n) is 6.63. The van der Waals surface area contributed by atoms with Crippen LogP contribution in [0.5, 0.6) is 11.5 Å². The van der Waals surface area contributed by atoms with Crippen molar-refractivity contribution in [1.82, 2.24) is 10.2 Å². The van der Waals surface area contributed by atoms with E-state index >= 15 is 0 Å². The SMILES string of the molecule is CCOc1cc(/C=C2/NC(=O)N(CC(=O)OC)C2=O)cc(Cl)c1OCc1ccc(Cl)cc1. The Morgan fingerprint density at radius 3 is 2.50 bits per heavy atom. The molecule has 3 rings (SSSR count). The van der Waals surface area contributed by atoms with Crippen molar-refractivity contribution in [3.05, 3.63) is 63.3 Å². The first-order chi connectivity index (χ1) is 15.3. The number of amides is 3. The molecule has 1 heterocycles. The van der Waals surface area contributed by atoms with Crippen molar-refractivity contribution in [2.45, 2.75) is 13.5 Å². The zero-order valence-corrected chi connectivity index (χ0v) is 18.8. The Labute approximate surface area is 194 Å². The summed E-state index contributed by atoms with van der Waals surface area (Å²) >= 11 is 12.3. The fraction of sp³-hybridized carbons (Fsp3) is 0.227. The number of methoxy groups -OCH3 is 1. The average molecular weight is 479 g/mol. The van der Waals surface area contributed by atoms with Crippen LogP contribution in [-0.2, 0) is 20.9 Å². The Morgan fingerprint density at radius 2 is 1.84 bits per heavy atom. The lowest BCUT2D eigenvalue weighted by Gasteiger charge is -2.15. The monoisotopic (exact) mass is 478 g/mol. The quantitative estimate of drug-likeness (QED) is 0.349. The molecule has 2 aromatic carbocycles. The maximum atomic E-state index is 12.5. The van der Waals surface area contributed by atoms with Crippen molar-refractivity contribution in [3.8, 4) is 11.5 Å². The molecule has 3 amide bonds. The Morgan fingerprint density at radius 1 is 1.12 bits per heavy atom. The van der Waals surface area contributed by atoms with Gasteiger partial charge in [0.15, 0.2) is 11.5 Å². The molecule has 10 heteroatoms. The molecular weight excluding hydrogens is 459 g/mol. The summed E-state index contributed by atoms with van der Waals surface area (Å²) in [7, 11) is 1.17. The number of hydrogen-bond acceptors (Lipinski definition) is 6. The van der Waals surface area contributed by atoms with E-state index < -0.39 is 24.5 Å². The van der Waals surface area contributed by atoms with Crippen LogP contribution in [0.3, 0.4) is 0 Å². The molecule has 2 aromatic rings. The summed E-state index contributed by atoms with van der Waals surface area (Å²) in [6.45, 7) is 1.93. The van der Waals surface area contributed by atoms with Crippen LogP contribution >= 0.6 is 23.2 Å². The lowest BCUT2D eigenvalue weighted by molar-refractivity contribution is -0.143. The summed E-state index contributed by atoms with van der Waals surface area (Å²) in [5.41, 5.74) is 1.39. The van der Waals surface area contributed by atoms with Gasteiger partial charge in [0.1, 0.15) is 18.8 Å². The van der Waals surface area contributed by atoms with E-state index in [1.807, 2.05) is 19.1 Å². The van der Waals surface area contributed by atoms with E-state index in [4.69, 9.17) is 32.7 Å². The van der Waals surface area contributed by atoms with Crippen LogP contribution in [-0.4, -0.2) is 43.1 Å². The summed E-state index contributed by atoms with van der Waals surface area (Å²) in [5, 5.41) is 3.32. The fourth-order valence-corrected chi connectivity index (χ4v) is 3.29. The summed E-state index contributed by atoms with van der Waals surface area (Å²) in [6.07, 6.45) is 1.44. The Bertz CT molecular complexity index is 1070. The molecule has 1 fully saturated rings. The molecule has 0 radical (unpaired) electrons. The highest BCUT2D eigenvalue weighted by molar-refractivity contribution is 6.32. The number of nitrogens with one attached hydrogen (secondary N) is 1. The van der Waals surface area contributed by atoms with Crippen LogP contribution in [0, 0.1) is 0 Å². The molecule has 0 aromatic heterocycles. The minimum Gasteiger partial charge on any atom is -0.490 e. The van der Waals surface area contributed by atoms with E-state index in [1.165, 1.54) is 13.2 Å². The van der Waals surface area contributed by atoms with Gasteiger partial charge in [0.05, 0.1) is 18.7 Å². The molecule has 8 nitrogen and oxygen atoms in total. The highest BCUT2D eigenvalue weighted by Crippen LogP contribution is 2.38. The van der Waals surface area contributed by atoms with Gasteiger partial charge in [0, 0.05) is 5.02 Å². The Balaban J connectivity index is 1.83. The smallest absolute Gasteiger partial charge is 0.329 e. The third-order valence-electron chi connectivity index (χ3n) is 4.42. The lowest BCUT2D eigenvalue weighted by atomic mass is 10.1. The Hall–Kier alpha value is -3.23. The van der Waals surface area contributed by atoms with Gasteiger partial charge < -0.3 is 19.5 Å². The van der Waals surface area contributed by atoms with Crippen molar-refractivity contribution in [2.75, 3.05) is 20.3 Å². The molecule has 0 bridgehead atoms. The van der Waals surface area contributed by atoms with Gasteiger partial charge in [-0.3, -0.25) is 9.59 Å². The van der Waals surface area contributed by atoms with E-state index in [1.54, 1.807) is 24.3 Å². The number of esters is 1. The fourth-order valence-electron chi connectivity index (χ4n) is 2.89.